The first-order chi connectivity index (χ1) is 16.7. The Hall–Kier alpha value is -3.85. The van der Waals surface area contributed by atoms with E-state index >= 15 is 0 Å². The first-order valence-corrected chi connectivity index (χ1v) is 11.7. The molecule has 5 aromatic heterocycles. The highest BCUT2D eigenvalue weighted by Crippen LogP contribution is 2.31. The largest absolute Gasteiger partial charge is 0.355 e. The van der Waals surface area contributed by atoms with Gasteiger partial charge in [0.15, 0.2) is 17.3 Å². The van der Waals surface area contributed by atoms with Crippen molar-refractivity contribution in [2.24, 2.45) is 0 Å². The van der Waals surface area contributed by atoms with E-state index < -0.39 is 0 Å². The summed E-state index contributed by atoms with van der Waals surface area (Å²) in [7, 11) is 4.10. The Bertz CT molecular complexity index is 1460. The maximum atomic E-state index is 4.95. The van der Waals surface area contributed by atoms with Crippen molar-refractivity contribution in [1.82, 2.24) is 40.0 Å². The van der Waals surface area contributed by atoms with E-state index in [0.29, 0.717) is 11.5 Å². The molecule has 0 radical (unpaired) electrons. The highest BCUT2D eigenvalue weighted by molar-refractivity contribution is 5.93. The van der Waals surface area contributed by atoms with Gasteiger partial charge in [-0.05, 0) is 63.2 Å². The highest BCUT2D eigenvalue weighted by Gasteiger charge is 2.20. The Morgan fingerprint density at radius 3 is 2.71 bits per heavy atom. The van der Waals surface area contributed by atoms with Crippen molar-refractivity contribution < 1.29 is 0 Å². The number of piperidine rings is 1. The van der Waals surface area contributed by atoms with Gasteiger partial charge in [0.05, 0.1) is 16.7 Å². The van der Waals surface area contributed by atoms with Gasteiger partial charge in [0.25, 0.3) is 0 Å². The van der Waals surface area contributed by atoms with Crippen LogP contribution in [0.3, 0.4) is 0 Å². The minimum Gasteiger partial charge on any atom is -0.355 e. The molecule has 0 amide bonds. The van der Waals surface area contributed by atoms with Gasteiger partial charge >= 0.3 is 0 Å². The SMILES string of the molecule is CN(C)Cc1cncc(-c2ccc3[nH]nc(-c4nc5c(N6CCCCC6)nccc5[nH]4)c3n2)c1. The lowest BCUT2D eigenvalue weighted by atomic mass is 10.1. The molecular formula is C25H27N9. The quantitative estimate of drug-likeness (QED) is 0.414. The molecule has 6 rings (SSSR count). The maximum absolute atomic E-state index is 4.95. The summed E-state index contributed by atoms with van der Waals surface area (Å²) in [5, 5.41) is 7.66. The zero-order valence-corrected chi connectivity index (χ0v) is 19.4. The highest BCUT2D eigenvalue weighted by atomic mass is 15.2. The van der Waals surface area contributed by atoms with Crippen molar-refractivity contribution >= 4 is 27.9 Å². The zero-order valence-electron chi connectivity index (χ0n) is 19.4. The molecule has 1 fully saturated rings. The smallest absolute Gasteiger partial charge is 0.161 e. The van der Waals surface area contributed by atoms with Crippen molar-refractivity contribution in [2.45, 2.75) is 25.8 Å². The predicted octanol–water partition coefficient (Wildman–Crippen LogP) is 4.01. The third-order valence-electron chi connectivity index (χ3n) is 6.26. The summed E-state index contributed by atoms with van der Waals surface area (Å²) in [4.78, 5) is 26.9. The molecule has 0 bridgehead atoms. The van der Waals surface area contributed by atoms with E-state index in [2.05, 4.69) is 41.0 Å². The normalized spacial score (nSPS) is 14.5. The van der Waals surface area contributed by atoms with E-state index in [0.717, 1.165) is 64.3 Å². The average molecular weight is 454 g/mol. The molecule has 34 heavy (non-hydrogen) atoms. The Balaban J connectivity index is 1.41. The molecule has 5 aromatic rings. The van der Waals surface area contributed by atoms with Crippen LogP contribution in [0.15, 0.2) is 42.9 Å². The Morgan fingerprint density at radius 1 is 0.971 bits per heavy atom. The summed E-state index contributed by atoms with van der Waals surface area (Å²) in [6, 6.07) is 8.11. The molecule has 0 spiro atoms. The topological polar surface area (TPSA) is 103 Å². The van der Waals surface area contributed by atoms with Crippen LogP contribution in [0.5, 0.6) is 0 Å². The molecule has 1 saturated heterocycles. The van der Waals surface area contributed by atoms with E-state index in [-0.39, 0.29) is 0 Å². The number of fused-ring (bicyclic) bond motifs is 2. The van der Waals surface area contributed by atoms with Gasteiger partial charge in [-0.2, -0.15) is 5.10 Å². The predicted molar refractivity (Wildman–Crippen MR) is 133 cm³/mol. The van der Waals surface area contributed by atoms with Crippen LogP contribution in [0.1, 0.15) is 24.8 Å². The van der Waals surface area contributed by atoms with Gasteiger partial charge in [-0.3, -0.25) is 10.1 Å². The summed E-state index contributed by atoms with van der Waals surface area (Å²) in [6.07, 6.45) is 9.26. The van der Waals surface area contributed by atoms with Crippen LogP contribution in [0.4, 0.5) is 5.82 Å². The molecular weight excluding hydrogens is 426 g/mol. The molecule has 6 heterocycles. The second kappa shape index (κ2) is 8.49. The van der Waals surface area contributed by atoms with Crippen molar-refractivity contribution in [3.8, 4) is 22.8 Å². The third-order valence-corrected chi connectivity index (χ3v) is 6.26. The fraction of sp³-hybridized carbons (Fsp3) is 0.320. The fourth-order valence-corrected chi connectivity index (χ4v) is 4.67. The second-order valence-corrected chi connectivity index (χ2v) is 9.15. The lowest BCUT2D eigenvalue weighted by Gasteiger charge is -2.27. The van der Waals surface area contributed by atoms with Crippen LogP contribution >= 0.6 is 0 Å². The fourth-order valence-electron chi connectivity index (χ4n) is 4.67. The van der Waals surface area contributed by atoms with Gasteiger partial charge in [0.1, 0.15) is 11.0 Å². The number of nitrogens with zero attached hydrogens (tertiary/aromatic N) is 7. The standard InChI is InChI=1S/C25H27N9/c1-33(2)15-16-12-17(14-26-13-16)18-6-7-20-21(28-18)23(32-31-20)24-29-19-8-9-27-25(22(19)30-24)34-10-4-3-5-11-34/h6-9,12-14H,3-5,10-11,15H2,1-2H3,(H,29,30)(H,31,32). The summed E-state index contributed by atoms with van der Waals surface area (Å²) in [6.45, 7) is 2.86. The van der Waals surface area contributed by atoms with E-state index in [1.54, 1.807) is 0 Å². The molecule has 1 aliphatic rings. The van der Waals surface area contributed by atoms with Gasteiger partial charge in [-0.1, -0.05) is 0 Å². The van der Waals surface area contributed by atoms with Crippen molar-refractivity contribution in [3.63, 3.8) is 0 Å². The minimum absolute atomic E-state index is 0.691. The number of aromatic amines is 2. The first-order valence-electron chi connectivity index (χ1n) is 11.7. The van der Waals surface area contributed by atoms with Gasteiger partial charge in [-0.25, -0.2) is 15.0 Å². The van der Waals surface area contributed by atoms with Crippen LogP contribution in [0.2, 0.25) is 0 Å². The number of aromatic nitrogens is 7. The lowest BCUT2D eigenvalue weighted by Crippen LogP contribution is -2.30. The van der Waals surface area contributed by atoms with Crippen molar-refractivity contribution in [1.29, 1.82) is 0 Å². The molecule has 0 aliphatic carbocycles. The average Bonchev–Trinajstić information content (AvgIpc) is 3.48. The lowest BCUT2D eigenvalue weighted by molar-refractivity contribution is 0.402. The van der Waals surface area contributed by atoms with Gasteiger partial charge < -0.3 is 14.8 Å². The van der Waals surface area contributed by atoms with E-state index in [1.165, 1.54) is 19.3 Å². The van der Waals surface area contributed by atoms with E-state index in [1.807, 2.05) is 50.9 Å². The molecule has 9 nitrogen and oxygen atoms in total. The number of hydrogen-bond acceptors (Lipinski definition) is 7. The van der Waals surface area contributed by atoms with Crippen molar-refractivity contribution in [3.05, 3.63) is 48.4 Å². The minimum atomic E-state index is 0.691. The number of rotatable bonds is 5. The van der Waals surface area contributed by atoms with Crippen LogP contribution in [0, 0.1) is 0 Å². The number of anilines is 1. The molecule has 0 aromatic carbocycles. The van der Waals surface area contributed by atoms with E-state index in [4.69, 9.17) is 9.97 Å². The summed E-state index contributed by atoms with van der Waals surface area (Å²) in [5.74, 6) is 1.63. The zero-order chi connectivity index (χ0) is 23.1. The van der Waals surface area contributed by atoms with Crippen LogP contribution in [-0.4, -0.2) is 67.2 Å². The molecule has 0 saturated carbocycles. The van der Waals surface area contributed by atoms with Crippen LogP contribution < -0.4 is 4.90 Å². The molecule has 172 valence electrons. The molecule has 0 atom stereocenters. The second-order valence-electron chi connectivity index (χ2n) is 9.15. The number of imidazole rings is 1. The Morgan fingerprint density at radius 2 is 1.85 bits per heavy atom. The molecule has 0 unspecified atom stereocenters. The van der Waals surface area contributed by atoms with Gasteiger partial charge in [0.2, 0.25) is 0 Å². The first kappa shape index (κ1) is 20.7. The summed E-state index contributed by atoms with van der Waals surface area (Å²) in [5.41, 5.74) is 7.17. The monoisotopic (exact) mass is 453 g/mol. The van der Waals surface area contributed by atoms with Gasteiger partial charge in [0, 0.05) is 43.8 Å². The molecule has 9 heteroatoms. The van der Waals surface area contributed by atoms with Crippen LogP contribution in [0.25, 0.3) is 44.8 Å². The van der Waals surface area contributed by atoms with Crippen LogP contribution in [-0.2, 0) is 6.54 Å². The number of nitrogens with one attached hydrogen (secondary N) is 2. The van der Waals surface area contributed by atoms with Crippen molar-refractivity contribution in [2.75, 3.05) is 32.1 Å². The summed E-state index contributed by atoms with van der Waals surface area (Å²) < 4.78 is 0. The Labute approximate surface area is 197 Å². The van der Waals surface area contributed by atoms with Gasteiger partial charge in [-0.15, -0.1) is 0 Å². The maximum Gasteiger partial charge on any atom is 0.161 e. The molecule has 1 aliphatic heterocycles. The number of pyridine rings is 3. The van der Waals surface area contributed by atoms with E-state index in [9.17, 15) is 0 Å². The Kier molecular flexibility index (Phi) is 5.18. The number of hydrogen-bond donors (Lipinski definition) is 2. The molecule has 2 N–H and O–H groups in total. The third kappa shape index (κ3) is 3.77. The summed E-state index contributed by atoms with van der Waals surface area (Å²) >= 11 is 0. The number of H-pyrrole nitrogens is 2.